The average Bonchev–Trinajstić information content (AvgIpc) is 2.62. The Morgan fingerprint density at radius 2 is 2.12 bits per heavy atom. The Morgan fingerprint density at radius 1 is 1.29 bits per heavy atom. The number of ether oxygens (including phenoxy) is 1. The van der Waals surface area contributed by atoms with Crippen LogP contribution in [0, 0.1) is 0 Å². The Kier molecular flexibility index (Phi) is 7.21. The molecule has 24 heavy (non-hydrogen) atoms. The Balaban J connectivity index is 1.90. The van der Waals surface area contributed by atoms with Gasteiger partial charge in [0.1, 0.15) is 5.69 Å². The predicted octanol–water partition coefficient (Wildman–Crippen LogP) is 3.19. The molecule has 1 N–H and O–H groups in total. The van der Waals surface area contributed by atoms with Crippen molar-refractivity contribution >= 4 is 11.9 Å². The van der Waals surface area contributed by atoms with Crippen molar-refractivity contribution in [2.75, 3.05) is 13.2 Å². The molecule has 128 valence electrons. The molecule has 1 aromatic rings. The number of carbonyl (C=O) groups excluding carboxylic acids is 2. The molecule has 1 aliphatic carbocycles. The summed E-state index contributed by atoms with van der Waals surface area (Å²) in [6, 6.07) is 5.28. The van der Waals surface area contributed by atoms with Crippen LogP contribution in [-0.2, 0) is 9.53 Å². The maximum Gasteiger partial charge on any atom is 0.330 e. The van der Waals surface area contributed by atoms with Crippen molar-refractivity contribution in [3.05, 3.63) is 53.4 Å². The number of aromatic nitrogens is 1. The first-order chi connectivity index (χ1) is 11.7. The van der Waals surface area contributed by atoms with Crippen molar-refractivity contribution in [3.8, 4) is 0 Å². The second-order valence-corrected chi connectivity index (χ2v) is 5.64. The fourth-order valence-corrected chi connectivity index (χ4v) is 2.75. The fraction of sp³-hybridized carbons (Fsp3) is 0.421. The van der Waals surface area contributed by atoms with Gasteiger partial charge in [-0.15, -0.1) is 0 Å². The number of rotatable bonds is 7. The van der Waals surface area contributed by atoms with Gasteiger partial charge in [-0.3, -0.25) is 9.78 Å². The first-order valence-corrected chi connectivity index (χ1v) is 8.45. The van der Waals surface area contributed by atoms with Crippen LogP contribution in [0.5, 0.6) is 0 Å². The highest BCUT2D eigenvalue weighted by Crippen LogP contribution is 2.27. The lowest BCUT2D eigenvalue weighted by Crippen LogP contribution is -2.25. The van der Waals surface area contributed by atoms with E-state index in [4.69, 9.17) is 4.74 Å². The third kappa shape index (κ3) is 5.65. The van der Waals surface area contributed by atoms with Gasteiger partial charge in [0, 0.05) is 18.8 Å². The molecular formula is C19H24N2O3. The van der Waals surface area contributed by atoms with E-state index in [2.05, 4.69) is 10.3 Å². The Labute approximate surface area is 142 Å². The summed E-state index contributed by atoms with van der Waals surface area (Å²) in [6.45, 7) is 2.75. The molecule has 2 rings (SSSR count). The minimum Gasteiger partial charge on any atom is -0.463 e. The van der Waals surface area contributed by atoms with E-state index in [0.29, 0.717) is 18.8 Å². The summed E-state index contributed by atoms with van der Waals surface area (Å²) in [5.74, 6) is -0.464. The summed E-state index contributed by atoms with van der Waals surface area (Å²) in [6.07, 6.45) is 10.0. The van der Waals surface area contributed by atoms with Crippen LogP contribution in [0.2, 0.25) is 0 Å². The molecule has 0 atom stereocenters. The van der Waals surface area contributed by atoms with Crippen LogP contribution < -0.4 is 5.32 Å². The molecular weight excluding hydrogens is 304 g/mol. The first-order valence-electron chi connectivity index (χ1n) is 8.45. The molecule has 5 nitrogen and oxygen atoms in total. The number of nitrogens with zero attached hydrogens (tertiary/aromatic N) is 1. The third-order valence-electron chi connectivity index (χ3n) is 3.95. The molecule has 0 saturated carbocycles. The van der Waals surface area contributed by atoms with E-state index in [-0.39, 0.29) is 11.9 Å². The van der Waals surface area contributed by atoms with Gasteiger partial charge in [-0.2, -0.15) is 0 Å². The van der Waals surface area contributed by atoms with Gasteiger partial charge in [-0.1, -0.05) is 17.7 Å². The topological polar surface area (TPSA) is 68.3 Å². The number of hydrogen-bond donors (Lipinski definition) is 1. The monoisotopic (exact) mass is 328 g/mol. The van der Waals surface area contributed by atoms with Crippen LogP contribution in [0.15, 0.2) is 47.7 Å². The number of amides is 1. The van der Waals surface area contributed by atoms with Gasteiger partial charge in [-0.25, -0.2) is 4.79 Å². The standard InChI is InChI=1S/C19H24N2O3/c1-2-24-18(22)11-10-15-7-3-4-8-16(15)12-14-21-19(23)17-9-5-6-13-20-17/h5-6,9-11,13H,2-4,7-8,12,14H2,1H3,(H,21,23)/b11-10+. The predicted molar refractivity (Wildman–Crippen MR) is 92.5 cm³/mol. The highest BCUT2D eigenvalue weighted by atomic mass is 16.5. The first kappa shape index (κ1) is 17.9. The van der Waals surface area contributed by atoms with E-state index in [0.717, 1.165) is 32.1 Å². The molecule has 1 amide bonds. The summed E-state index contributed by atoms with van der Waals surface area (Å²) in [7, 11) is 0. The molecule has 1 aromatic heterocycles. The van der Waals surface area contributed by atoms with Gasteiger partial charge in [0.2, 0.25) is 0 Å². The van der Waals surface area contributed by atoms with Gasteiger partial charge in [0.25, 0.3) is 5.91 Å². The lowest BCUT2D eigenvalue weighted by atomic mass is 9.89. The zero-order valence-corrected chi connectivity index (χ0v) is 14.1. The molecule has 0 aliphatic heterocycles. The van der Waals surface area contributed by atoms with Crippen LogP contribution in [-0.4, -0.2) is 30.0 Å². The summed E-state index contributed by atoms with van der Waals surface area (Å²) in [4.78, 5) is 27.5. The average molecular weight is 328 g/mol. The second-order valence-electron chi connectivity index (χ2n) is 5.64. The largest absolute Gasteiger partial charge is 0.463 e. The van der Waals surface area contributed by atoms with Gasteiger partial charge >= 0.3 is 5.97 Å². The van der Waals surface area contributed by atoms with E-state index in [9.17, 15) is 9.59 Å². The van der Waals surface area contributed by atoms with E-state index >= 15 is 0 Å². The third-order valence-corrected chi connectivity index (χ3v) is 3.95. The molecule has 0 saturated heterocycles. The highest BCUT2D eigenvalue weighted by molar-refractivity contribution is 5.92. The molecule has 0 bridgehead atoms. The van der Waals surface area contributed by atoms with Crippen LogP contribution in [0.3, 0.4) is 0 Å². The van der Waals surface area contributed by atoms with Crippen molar-refractivity contribution < 1.29 is 14.3 Å². The number of pyridine rings is 1. The van der Waals surface area contributed by atoms with Crippen LogP contribution in [0.1, 0.15) is 49.5 Å². The summed E-state index contributed by atoms with van der Waals surface area (Å²) in [5.41, 5.74) is 2.93. The second kappa shape index (κ2) is 9.65. The minimum atomic E-state index is -0.307. The molecule has 1 heterocycles. The molecule has 0 fully saturated rings. The van der Waals surface area contributed by atoms with Crippen molar-refractivity contribution in [1.82, 2.24) is 10.3 Å². The minimum absolute atomic E-state index is 0.157. The molecule has 0 unspecified atom stereocenters. The van der Waals surface area contributed by atoms with Crippen LogP contribution >= 0.6 is 0 Å². The fourth-order valence-electron chi connectivity index (χ4n) is 2.75. The summed E-state index contributed by atoms with van der Waals surface area (Å²) in [5, 5.41) is 2.90. The number of carbonyl (C=O) groups is 2. The molecule has 0 aromatic carbocycles. The number of hydrogen-bond acceptors (Lipinski definition) is 4. The Morgan fingerprint density at radius 3 is 2.88 bits per heavy atom. The number of allylic oxidation sites excluding steroid dienone is 2. The molecule has 5 heteroatoms. The molecule has 0 spiro atoms. The Hall–Kier alpha value is -2.43. The quantitative estimate of drug-likeness (QED) is 0.616. The molecule has 0 radical (unpaired) electrons. The van der Waals surface area contributed by atoms with Crippen molar-refractivity contribution in [2.45, 2.75) is 39.0 Å². The molecule has 1 aliphatic rings. The normalized spacial score (nSPS) is 14.7. The van der Waals surface area contributed by atoms with E-state index < -0.39 is 0 Å². The maximum atomic E-state index is 12.0. The van der Waals surface area contributed by atoms with Crippen LogP contribution in [0.25, 0.3) is 0 Å². The zero-order chi connectivity index (χ0) is 17.2. The van der Waals surface area contributed by atoms with Gasteiger partial charge in [-0.05, 0) is 56.7 Å². The van der Waals surface area contributed by atoms with Gasteiger partial charge in [0.15, 0.2) is 0 Å². The zero-order valence-electron chi connectivity index (χ0n) is 14.1. The maximum absolute atomic E-state index is 12.0. The van der Waals surface area contributed by atoms with Gasteiger partial charge < -0.3 is 10.1 Å². The van der Waals surface area contributed by atoms with Gasteiger partial charge in [0.05, 0.1) is 6.61 Å². The summed E-state index contributed by atoms with van der Waals surface area (Å²) >= 11 is 0. The number of esters is 1. The van der Waals surface area contributed by atoms with Crippen molar-refractivity contribution in [3.63, 3.8) is 0 Å². The highest BCUT2D eigenvalue weighted by Gasteiger charge is 2.12. The smallest absolute Gasteiger partial charge is 0.330 e. The van der Waals surface area contributed by atoms with E-state index in [1.54, 1.807) is 31.3 Å². The van der Waals surface area contributed by atoms with E-state index in [1.807, 2.05) is 6.08 Å². The summed E-state index contributed by atoms with van der Waals surface area (Å²) < 4.78 is 4.92. The van der Waals surface area contributed by atoms with Crippen LogP contribution in [0.4, 0.5) is 0 Å². The lowest BCUT2D eigenvalue weighted by molar-refractivity contribution is -0.137. The van der Waals surface area contributed by atoms with Crippen molar-refractivity contribution in [2.24, 2.45) is 0 Å². The Bertz CT molecular complexity index is 621. The van der Waals surface area contributed by atoms with Crippen molar-refractivity contribution in [1.29, 1.82) is 0 Å². The number of nitrogens with one attached hydrogen (secondary N) is 1. The SMILES string of the molecule is CCOC(=O)/C=C/C1=C(CCNC(=O)c2ccccn2)CCCC1. The van der Waals surface area contributed by atoms with E-state index in [1.165, 1.54) is 17.2 Å². The lowest BCUT2D eigenvalue weighted by Gasteiger charge is -2.18.